The van der Waals surface area contributed by atoms with E-state index in [-0.39, 0.29) is 34.4 Å². The van der Waals surface area contributed by atoms with Crippen molar-refractivity contribution in [3.8, 4) is 0 Å². The molecule has 2 unspecified atom stereocenters. The zero-order chi connectivity index (χ0) is 21.4. The highest BCUT2D eigenvalue weighted by molar-refractivity contribution is 4.99. The molecule has 2 fully saturated rings. The van der Waals surface area contributed by atoms with Gasteiger partial charge in [0, 0.05) is 24.3 Å². The van der Waals surface area contributed by atoms with Crippen LogP contribution in [0, 0.1) is 0 Å². The van der Waals surface area contributed by atoms with Crippen LogP contribution >= 0.6 is 0 Å². The Bertz CT molecular complexity index is 473. The quantitative estimate of drug-likeness (QED) is 0.608. The molecule has 2 aliphatic heterocycles. The highest BCUT2D eigenvalue weighted by Crippen LogP contribution is 2.39. The van der Waals surface area contributed by atoms with E-state index >= 15 is 0 Å². The van der Waals surface area contributed by atoms with Crippen molar-refractivity contribution in [2.75, 3.05) is 13.2 Å². The number of ether oxygens (including phenoxy) is 2. The topological polar surface area (TPSA) is 65.4 Å². The van der Waals surface area contributed by atoms with E-state index < -0.39 is 0 Å². The molecular weight excluding hydrogens is 356 g/mol. The molecule has 0 aromatic rings. The predicted octanol–water partition coefficient (Wildman–Crippen LogP) is 4.62. The number of hydrogen-bond donors (Lipinski definition) is 2. The van der Waals surface area contributed by atoms with Crippen molar-refractivity contribution in [2.24, 2.45) is 0 Å². The van der Waals surface area contributed by atoms with Gasteiger partial charge in [0.25, 0.3) is 0 Å². The number of rotatable bonds is 7. The first-order chi connectivity index (χ1) is 12.7. The van der Waals surface area contributed by atoms with Crippen LogP contribution in [0.5, 0.6) is 0 Å². The third-order valence-electron chi connectivity index (χ3n) is 7.03. The van der Waals surface area contributed by atoms with E-state index in [9.17, 15) is 10.4 Å². The molecule has 6 heteroatoms. The predicted molar refractivity (Wildman–Crippen MR) is 111 cm³/mol. The van der Waals surface area contributed by atoms with Crippen LogP contribution in [0.2, 0.25) is 0 Å². The fourth-order valence-electron chi connectivity index (χ4n) is 4.95. The van der Waals surface area contributed by atoms with Gasteiger partial charge in [0.05, 0.1) is 23.3 Å². The molecule has 6 nitrogen and oxygen atoms in total. The fourth-order valence-corrected chi connectivity index (χ4v) is 4.95. The van der Waals surface area contributed by atoms with E-state index in [0.29, 0.717) is 13.2 Å². The van der Waals surface area contributed by atoms with Gasteiger partial charge in [0.1, 0.15) is 0 Å². The number of hydrogen-bond acceptors (Lipinski definition) is 6. The van der Waals surface area contributed by atoms with Crippen molar-refractivity contribution in [1.29, 1.82) is 0 Å². The molecule has 2 atom stereocenters. The molecule has 166 valence electrons. The van der Waals surface area contributed by atoms with Gasteiger partial charge >= 0.3 is 0 Å². The normalized spacial score (nSPS) is 32.4. The molecule has 0 aromatic carbocycles. The van der Waals surface area contributed by atoms with Crippen molar-refractivity contribution in [1.82, 2.24) is 10.1 Å². The van der Waals surface area contributed by atoms with Gasteiger partial charge in [-0.1, -0.05) is 0 Å². The minimum Gasteiger partial charge on any atom is -0.376 e. The summed E-state index contributed by atoms with van der Waals surface area (Å²) in [7, 11) is 0. The third-order valence-corrected chi connectivity index (χ3v) is 7.03. The maximum atomic E-state index is 10.5. The van der Waals surface area contributed by atoms with Crippen molar-refractivity contribution in [2.45, 2.75) is 128 Å². The van der Waals surface area contributed by atoms with Crippen molar-refractivity contribution >= 4 is 0 Å². The van der Waals surface area contributed by atoms with Crippen LogP contribution in [0.25, 0.3) is 0 Å². The van der Waals surface area contributed by atoms with Crippen LogP contribution < -0.4 is 0 Å². The van der Waals surface area contributed by atoms with Crippen LogP contribution in [0.15, 0.2) is 0 Å². The van der Waals surface area contributed by atoms with Gasteiger partial charge in [0.2, 0.25) is 0 Å². The molecule has 2 rings (SSSR count). The lowest BCUT2D eigenvalue weighted by molar-refractivity contribution is -0.277. The molecule has 28 heavy (non-hydrogen) atoms. The molecule has 2 heterocycles. The number of nitrogens with zero attached hydrogens (tertiary/aromatic N) is 2. The average Bonchev–Trinajstić information content (AvgIpc) is 2.58. The standard InChI is InChI=1S/C22H44N2O4/c1-19(2)13-11-17(21(5,6)23(19)25)27-15-9-10-16-28-18-12-14-20(3,4)24(26)22(18,7)8/h17-18,25-26H,9-16H2,1-8H3. The number of hydroxylamine groups is 4. The highest BCUT2D eigenvalue weighted by Gasteiger charge is 2.48. The third kappa shape index (κ3) is 4.90. The molecule has 2 N–H and O–H groups in total. The van der Waals surface area contributed by atoms with Gasteiger partial charge in [-0.05, 0) is 93.9 Å². The summed E-state index contributed by atoms with van der Waals surface area (Å²) in [6, 6.07) is 0. The molecule has 2 saturated heterocycles. The minimum absolute atomic E-state index is 0.0360. The van der Waals surface area contributed by atoms with E-state index in [1.165, 1.54) is 10.1 Å². The molecule has 0 radical (unpaired) electrons. The molecular formula is C22H44N2O4. The average molecular weight is 401 g/mol. The zero-order valence-corrected chi connectivity index (χ0v) is 19.4. The van der Waals surface area contributed by atoms with Gasteiger partial charge < -0.3 is 19.9 Å². The maximum Gasteiger partial charge on any atom is 0.0777 e. The van der Waals surface area contributed by atoms with Crippen LogP contribution in [0.4, 0.5) is 0 Å². The van der Waals surface area contributed by atoms with Crippen molar-refractivity contribution < 1.29 is 19.9 Å². The van der Waals surface area contributed by atoms with Crippen LogP contribution in [0.1, 0.15) is 93.9 Å². The Kier molecular flexibility index (Phi) is 7.28. The SMILES string of the molecule is CC1(C)CCC(OCCCCOC2CCC(C)(C)N(O)C2(C)C)C(C)(C)N1O. The van der Waals surface area contributed by atoms with Crippen LogP contribution in [-0.4, -0.2) is 68.1 Å². The summed E-state index contributed by atoms with van der Waals surface area (Å²) in [5.41, 5.74) is -1.19. The molecule has 0 aliphatic carbocycles. The Morgan fingerprint density at radius 2 is 1.00 bits per heavy atom. The minimum atomic E-state index is -0.387. The van der Waals surface area contributed by atoms with Gasteiger partial charge in [-0.2, -0.15) is 10.1 Å². The monoisotopic (exact) mass is 400 g/mol. The highest BCUT2D eigenvalue weighted by atomic mass is 16.5. The first kappa shape index (κ1) is 24.0. The lowest BCUT2D eigenvalue weighted by atomic mass is 9.80. The number of piperidine rings is 2. The molecule has 0 amide bonds. The van der Waals surface area contributed by atoms with E-state index in [1.807, 2.05) is 0 Å². The van der Waals surface area contributed by atoms with Crippen molar-refractivity contribution in [3.05, 3.63) is 0 Å². The van der Waals surface area contributed by atoms with Gasteiger partial charge in [-0.15, -0.1) is 0 Å². The number of unbranched alkanes of at least 4 members (excludes halogenated alkanes) is 1. The Labute approximate surface area is 172 Å². The van der Waals surface area contributed by atoms with Gasteiger partial charge in [-0.25, -0.2) is 0 Å². The van der Waals surface area contributed by atoms with Crippen LogP contribution in [-0.2, 0) is 9.47 Å². The van der Waals surface area contributed by atoms with Gasteiger partial charge in [0.15, 0.2) is 0 Å². The smallest absolute Gasteiger partial charge is 0.0777 e. The molecule has 0 aromatic heterocycles. The van der Waals surface area contributed by atoms with E-state index in [2.05, 4.69) is 55.4 Å². The Balaban J connectivity index is 1.70. The van der Waals surface area contributed by atoms with E-state index in [4.69, 9.17) is 9.47 Å². The molecule has 0 spiro atoms. The Morgan fingerprint density at radius 1 is 0.679 bits per heavy atom. The van der Waals surface area contributed by atoms with Crippen molar-refractivity contribution in [3.63, 3.8) is 0 Å². The second-order valence-electron chi connectivity index (χ2n) is 11.1. The summed E-state index contributed by atoms with van der Waals surface area (Å²) in [6.07, 6.45) is 5.71. The van der Waals surface area contributed by atoms with E-state index in [1.54, 1.807) is 0 Å². The summed E-state index contributed by atoms with van der Waals surface area (Å²) in [5, 5.41) is 24.0. The van der Waals surface area contributed by atoms with E-state index in [0.717, 1.165) is 38.5 Å². The van der Waals surface area contributed by atoms with Gasteiger partial charge in [-0.3, -0.25) is 0 Å². The summed E-state index contributed by atoms with van der Waals surface area (Å²) < 4.78 is 12.3. The molecule has 0 bridgehead atoms. The first-order valence-corrected chi connectivity index (χ1v) is 10.9. The summed E-state index contributed by atoms with van der Waals surface area (Å²) >= 11 is 0. The summed E-state index contributed by atoms with van der Waals surface area (Å²) in [5.74, 6) is 0. The van der Waals surface area contributed by atoms with Crippen LogP contribution in [0.3, 0.4) is 0 Å². The lowest BCUT2D eigenvalue weighted by Gasteiger charge is -2.52. The Morgan fingerprint density at radius 3 is 1.32 bits per heavy atom. The molecule has 2 aliphatic rings. The summed E-state index contributed by atoms with van der Waals surface area (Å²) in [4.78, 5) is 0. The molecule has 0 saturated carbocycles. The fraction of sp³-hybridized carbons (Fsp3) is 1.00. The zero-order valence-electron chi connectivity index (χ0n) is 19.4. The lowest BCUT2D eigenvalue weighted by Crippen LogP contribution is -2.63. The first-order valence-electron chi connectivity index (χ1n) is 10.9. The Hall–Kier alpha value is -0.240. The second-order valence-corrected chi connectivity index (χ2v) is 11.1. The largest absolute Gasteiger partial charge is 0.376 e. The summed E-state index contributed by atoms with van der Waals surface area (Å²) in [6.45, 7) is 17.9. The maximum absolute atomic E-state index is 10.5. The second kappa shape index (κ2) is 8.48.